The Bertz CT molecular complexity index is 852. The van der Waals surface area contributed by atoms with Gasteiger partial charge >= 0.3 is 6.09 Å². The Morgan fingerprint density at radius 1 is 1.11 bits per heavy atom. The van der Waals surface area contributed by atoms with Crippen molar-refractivity contribution in [2.75, 3.05) is 17.2 Å². The van der Waals surface area contributed by atoms with Crippen molar-refractivity contribution in [3.05, 3.63) is 60.2 Å². The third kappa shape index (κ3) is 4.31. The third-order valence-electron chi connectivity index (χ3n) is 4.66. The van der Waals surface area contributed by atoms with Gasteiger partial charge in [0.15, 0.2) is 0 Å². The normalized spacial score (nSPS) is 15.9. The summed E-state index contributed by atoms with van der Waals surface area (Å²) >= 11 is 0. The molecule has 2 aromatic carbocycles. The molecule has 2 aromatic rings. The Labute approximate surface area is 163 Å². The highest BCUT2D eigenvalue weighted by atomic mass is 16.6. The minimum absolute atomic E-state index is 0.130. The van der Waals surface area contributed by atoms with Crippen molar-refractivity contribution in [3.8, 4) is 0 Å². The minimum atomic E-state index is -0.732. The van der Waals surface area contributed by atoms with Crippen LogP contribution in [0.25, 0.3) is 0 Å². The van der Waals surface area contributed by atoms with Crippen molar-refractivity contribution in [1.82, 2.24) is 4.90 Å². The second-order valence-electron chi connectivity index (χ2n) is 6.68. The highest BCUT2D eigenvalue weighted by Crippen LogP contribution is 2.25. The number of nitrogens with zero attached hydrogens (tertiary/aromatic N) is 2. The van der Waals surface area contributed by atoms with Crippen molar-refractivity contribution >= 4 is 29.3 Å². The molecule has 1 aliphatic rings. The largest absolute Gasteiger partial charge is 0.445 e. The molecule has 3 rings (SSSR count). The minimum Gasteiger partial charge on any atom is -0.445 e. The molecule has 1 saturated heterocycles. The number of hydrogen-bond acceptors (Lipinski definition) is 5. The molecule has 1 atom stereocenters. The van der Waals surface area contributed by atoms with Crippen molar-refractivity contribution in [1.29, 1.82) is 0 Å². The van der Waals surface area contributed by atoms with Crippen molar-refractivity contribution < 1.29 is 19.1 Å². The Morgan fingerprint density at radius 3 is 2.43 bits per heavy atom. The molecule has 28 heavy (non-hydrogen) atoms. The number of ether oxygens (including phenoxy) is 1. The van der Waals surface area contributed by atoms with Gasteiger partial charge in [0, 0.05) is 19.2 Å². The van der Waals surface area contributed by atoms with Crippen LogP contribution in [0.15, 0.2) is 54.6 Å². The van der Waals surface area contributed by atoms with E-state index in [1.165, 1.54) is 11.8 Å². The average molecular weight is 381 g/mol. The maximum atomic E-state index is 13.1. The lowest BCUT2D eigenvalue weighted by Gasteiger charge is -2.28. The topological polar surface area (TPSA) is 92.9 Å². The predicted molar refractivity (Wildman–Crippen MR) is 105 cm³/mol. The SMILES string of the molecule is CC(=O)N(C(=O)C1CCCN1C(=O)OCc1ccccc1)c1ccc(N)cc1. The smallest absolute Gasteiger partial charge is 0.410 e. The number of rotatable bonds is 4. The zero-order valence-electron chi connectivity index (χ0n) is 15.7. The Hall–Kier alpha value is -3.35. The van der Waals surface area contributed by atoms with E-state index in [-0.39, 0.29) is 6.61 Å². The highest BCUT2D eigenvalue weighted by Gasteiger charge is 2.39. The molecule has 146 valence electrons. The molecule has 7 nitrogen and oxygen atoms in total. The van der Waals surface area contributed by atoms with E-state index in [0.29, 0.717) is 30.8 Å². The molecule has 0 spiro atoms. The molecule has 1 unspecified atom stereocenters. The summed E-state index contributed by atoms with van der Waals surface area (Å²) < 4.78 is 5.37. The van der Waals surface area contributed by atoms with E-state index in [1.807, 2.05) is 30.3 Å². The lowest BCUT2D eigenvalue weighted by molar-refractivity contribution is -0.128. The summed E-state index contributed by atoms with van der Waals surface area (Å²) in [6.45, 7) is 1.87. The summed E-state index contributed by atoms with van der Waals surface area (Å²) in [4.78, 5) is 40.3. The molecule has 0 saturated carbocycles. The summed E-state index contributed by atoms with van der Waals surface area (Å²) in [5, 5.41) is 0. The quantitative estimate of drug-likeness (QED) is 0.822. The van der Waals surface area contributed by atoms with Gasteiger partial charge < -0.3 is 10.5 Å². The van der Waals surface area contributed by atoms with Gasteiger partial charge in [-0.05, 0) is 42.7 Å². The average Bonchev–Trinajstić information content (AvgIpc) is 3.18. The van der Waals surface area contributed by atoms with Gasteiger partial charge in [-0.1, -0.05) is 30.3 Å². The number of carbonyl (C=O) groups excluding carboxylic acids is 3. The van der Waals surface area contributed by atoms with Crippen LogP contribution in [-0.4, -0.2) is 35.4 Å². The van der Waals surface area contributed by atoms with Gasteiger partial charge in [-0.15, -0.1) is 0 Å². The zero-order chi connectivity index (χ0) is 20.1. The monoisotopic (exact) mass is 381 g/mol. The van der Waals surface area contributed by atoms with E-state index in [0.717, 1.165) is 10.5 Å². The summed E-state index contributed by atoms with van der Waals surface area (Å²) in [6.07, 6.45) is 0.600. The van der Waals surface area contributed by atoms with Crippen LogP contribution in [-0.2, 0) is 20.9 Å². The standard InChI is InChI=1S/C21H23N3O4/c1-15(25)24(18-11-9-17(22)10-12-18)20(26)19-8-5-13-23(19)21(27)28-14-16-6-3-2-4-7-16/h2-4,6-7,9-12,19H,5,8,13-14,22H2,1H3. The van der Waals surface area contributed by atoms with E-state index < -0.39 is 23.9 Å². The number of likely N-dealkylation sites (tertiary alicyclic amines) is 1. The summed E-state index contributed by atoms with van der Waals surface area (Å²) in [6, 6.07) is 15.1. The number of imide groups is 1. The fraction of sp³-hybridized carbons (Fsp3) is 0.286. The van der Waals surface area contributed by atoms with Gasteiger partial charge in [-0.25, -0.2) is 9.69 Å². The first kappa shape index (κ1) is 19.4. The van der Waals surface area contributed by atoms with E-state index in [1.54, 1.807) is 24.3 Å². The van der Waals surface area contributed by atoms with Crippen LogP contribution in [0.2, 0.25) is 0 Å². The van der Waals surface area contributed by atoms with Crippen LogP contribution in [0, 0.1) is 0 Å². The van der Waals surface area contributed by atoms with Crippen LogP contribution in [0.5, 0.6) is 0 Å². The predicted octanol–water partition coefficient (Wildman–Crippen LogP) is 2.95. The number of benzene rings is 2. The van der Waals surface area contributed by atoms with Crippen LogP contribution in [0.3, 0.4) is 0 Å². The maximum absolute atomic E-state index is 13.1. The van der Waals surface area contributed by atoms with E-state index in [2.05, 4.69) is 0 Å². The number of carbonyl (C=O) groups is 3. The second kappa shape index (κ2) is 8.56. The Morgan fingerprint density at radius 2 is 1.79 bits per heavy atom. The number of nitrogen functional groups attached to an aromatic ring is 1. The number of anilines is 2. The molecular formula is C21H23N3O4. The molecule has 1 heterocycles. The first-order valence-electron chi connectivity index (χ1n) is 9.15. The van der Waals surface area contributed by atoms with Crippen molar-refractivity contribution in [3.63, 3.8) is 0 Å². The van der Waals surface area contributed by atoms with Gasteiger partial charge in [0.2, 0.25) is 5.91 Å². The highest BCUT2D eigenvalue weighted by molar-refractivity contribution is 6.16. The molecular weight excluding hydrogens is 358 g/mol. The van der Waals surface area contributed by atoms with E-state index in [4.69, 9.17) is 10.5 Å². The van der Waals surface area contributed by atoms with E-state index >= 15 is 0 Å². The first-order chi connectivity index (χ1) is 13.5. The van der Waals surface area contributed by atoms with Crippen LogP contribution in [0.1, 0.15) is 25.3 Å². The van der Waals surface area contributed by atoms with Crippen LogP contribution >= 0.6 is 0 Å². The lowest BCUT2D eigenvalue weighted by Crippen LogP contribution is -2.49. The van der Waals surface area contributed by atoms with Gasteiger partial charge in [0.05, 0.1) is 5.69 Å². The van der Waals surface area contributed by atoms with Gasteiger partial charge in [0.25, 0.3) is 5.91 Å². The first-order valence-corrected chi connectivity index (χ1v) is 9.15. The summed E-state index contributed by atoms with van der Waals surface area (Å²) in [5.41, 5.74) is 7.51. The molecule has 0 bridgehead atoms. The molecule has 0 aromatic heterocycles. The Balaban J connectivity index is 1.72. The van der Waals surface area contributed by atoms with Gasteiger partial charge in [0.1, 0.15) is 12.6 Å². The number of amides is 3. The molecule has 2 N–H and O–H groups in total. The Kier molecular flexibility index (Phi) is 5.93. The summed E-state index contributed by atoms with van der Waals surface area (Å²) in [7, 11) is 0. The molecule has 1 fully saturated rings. The number of nitrogens with two attached hydrogens (primary N) is 1. The lowest BCUT2D eigenvalue weighted by atomic mass is 10.1. The fourth-order valence-corrected chi connectivity index (χ4v) is 3.28. The maximum Gasteiger partial charge on any atom is 0.410 e. The van der Waals surface area contributed by atoms with Crippen LogP contribution < -0.4 is 10.6 Å². The van der Waals surface area contributed by atoms with Crippen molar-refractivity contribution in [2.24, 2.45) is 0 Å². The van der Waals surface area contributed by atoms with Gasteiger partial charge in [-0.3, -0.25) is 14.5 Å². The number of hydrogen-bond donors (Lipinski definition) is 1. The molecule has 7 heteroatoms. The molecule has 3 amide bonds. The van der Waals surface area contributed by atoms with Crippen molar-refractivity contribution in [2.45, 2.75) is 32.4 Å². The second-order valence-corrected chi connectivity index (χ2v) is 6.68. The summed E-state index contributed by atoms with van der Waals surface area (Å²) in [5.74, 6) is -0.856. The zero-order valence-corrected chi connectivity index (χ0v) is 15.7. The molecule has 0 aliphatic carbocycles. The van der Waals surface area contributed by atoms with Gasteiger partial charge in [-0.2, -0.15) is 0 Å². The molecule has 1 aliphatic heterocycles. The third-order valence-corrected chi connectivity index (χ3v) is 4.66. The molecule has 0 radical (unpaired) electrons. The van der Waals surface area contributed by atoms with E-state index in [9.17, 15) is 14.4 Å². The van der Waals surface area contributed by atoms with Crippen LogP contribution in [0.4, 0.5) is 16.2 Å². The fourth-order valence-electron chi connectivity index (χ4n) is 3.28.